The lowest BCUT2D eigenvalue weighted by atomic mass is 9.97. The van der Waals surface area contributed by atoms with Gasteiger partial charge in [0, 0.05) is 5.41 Å². The van der Waals surface area contributed by atoms with Crippen molar-refractivity contribution >= 4 is 5.97 Å². The Morgan fingerprint density at radius 2 is 2.16 bits per heavy atom. The summed E-state index contributed by atoms with van der Waals surface area (Å²) in [4.78, 5) is 13.2. The fourth-order valence-electron chi connectivity index (χ4n) is 2.40. The number of carbonyl (C=O) groups is 1. The van der Waals surface area contributed by atoms with Crippen LogP contribution in [0, 0.1) is 5.92 Å². The smallest absolute Gasteiger partial charge is 0.321 e. The summed E-state index contributed by atoms with van der Waals surface area (Å²) in [6, 6.07) is -0.454. The number of carboxylic acids is 1. The highest BCUT2D eigenvalue weighted by Crippen LogP contribution is 2.26. The molecule has 0 radical (unpaired) electrons. The molecule has 1 fully saturated rings. The quantitative estimate of drug-likeness (QED) is 0.897. The zero-order chi connectivity index (χ0) is 14.2. The highest BCUT2D eigenvalue weighted by atomic mass is 16.4. The monoisotopic (exact) mass is 267 g/mol. The SMILES string of the molecule is CC1CCN(Cc2nnc(C(C)(C)C)o2)C1C(=O)O. The molecule has 0 aliphatic carbocycles. The number of rotatable bonds is 3. The van der Waals surface area contributed by atoms with Crippen LogP contribution in [0.25, 0.3) is 0 Å². The minimum atomic E-state index is -0.777. The van der Waals surface area contributed by atoms with Crippen molar-refractivity contribution in [3.8, 4) is 0 Å². The van der Waals surface area contributed by atoms with Crippen molar-refractivity contribution in [1.82, 2.24) is 15.1 Å². The highest BCUT2D eigenvalue weighted by Gasteiger charge is 2.37. The van der Waals surface area contributed by atoms with E-state index in [4.69, 9.17) is 4.42 Å². The molecule has 0 aromatic carbocycles. The van der Waals surface area contributed by atoms with Crippen molar-refractivity contribution < 1.29 is 14.3 Å². The summed E-state index contributed by atoms with van der Waals surface area (Å²) in [6.45, 7) is 9.13. The Bertz CT molecular complexity index is 464. The van der Waals surface area contributed by atoms with E-state index in [9.17, 15) is 9.90 Å². The van der Waals surface area contributed by atoms with Crippen molar-refractivity contribution in [3.63, 3.8) is 0 Å². The lowest BCUT2D eigenvalue weighted by molar-refractivity contribution is -0.143. The Balaban J connectivity index is 2.09. The molecule has 1 aliphatic heterocycles. The molecular weight excluding hydrogens is 246 g/mol. The number of hydrogen-bond donors (Lipinski definition) is 1. The normalized spacial score (nSPS) is 24.8. The third-order valence-corrected chi connectivity index (χ3v) is 3.50. The summed E-state index contributed by atoms with van der Waals surface area (Å²) < 4.78 is 5.62. The number of aromatic nitrogens is 2. The molecule has 1 aromatic heterocycles. The number of aliphatic carboxylic acids is 1. The van der Waals surface area contributed by atoms with E-state index in [0.717, 1.165) is 13.0 Å². The van der Waals surface area contributed by atoms with Crippen molar-refractivity contribution in [2.45, 2.75) is 52.1 Å². The second-order valence-corrected chi connectivity index (χ2v) is 6.27. The first-order chi connectivity index (χ1) is 8.79. The molecule has 2 heterocycles. The lowest BCUT2D eigenvalue weighted by Crippen LogP contribution is -2.38. The molecule has 1 aromatic rings. The van der Waals surface area contributed by atoms with Gasteiger partial charge in [0.2, 0.25) is 11.8 Å². The summed E-state index contributed by atoms with van der Waals surface area (Å²) in [6.07, 6.45) is 0.886. The number of nitrogens with zero attached hydrogens (tertiary/aromatic N) is 3. The second-order valence-electron chi connectivity index (χ2n) is 6.27. The minimum absolute atomic E-state index is 0.155. The molecule has 0 saturated carbocycles. The third kappa shape index (κ3) is 2.94. The van der Waals surface area contributed by atoms with Crippen LogP contribution in [0.5, 0.6) is 0 Å². The van der Waals surface area contributed by atoms with Gasteiger partial charge in [-0.15, -0.1) is 10.2 Å². The van der Waals surface area contributed by atoms with Gasteiger partial charge in [0.25, 0.3) is 0 Å². The average Bonchev–Trinajstić information content (AvgIpc) is 2.85. The molecular formula is C13H21N3O3. The van der Waals surface area contributed by atoms with Gasteiger partial charge in [0.1, 0.15) is 6.04 Å². The zero-order valence-electron chi connectivity index (χ0n) is 11.9. The maximum absolute atomic E-state index is 11.3. The number of carboxylic acid groups (broad SMARTS) is 1. The second kappa shape index (κ2) is 4.92. The molecule has 2 rings (SSSR count). The summed E-state index contributed by atoms with van der Waals surface area (Å²) >= 11 is 0. The molecule has 0 spiro atoms. The number of hydrogen-bond acceptors (Lipinski definition) is 5. The Morgan fingerprint density at radius 1 is 1.47 bits per heavy atom. The van der Waals surface area contributed by atoms with Crippen LogP contribution >= 0.6 is 0 Å². The molecule has 19 heavy (non-hydrogen) atoms. The van der Waals surface area contributed by atoms with Gasteiger partial charge in [-0.3, -0.25) is 9.69 Å². The van der Waals surface area contributed by atoms with Crippen LogP contribution in [0.3, 0.4) is 0 Å². The van der Waals surface area contributed by atoms with E-state index in [2.05, 4.69) is 10.2 Å². The lowest BCUT2D eigenvalue weighted by Gasteiger charge is -2.21. The van der Waals surface area contributed by atoms with Crippen LogP contribution < -0.4 is 0 Å². The molecule has 1 saturated heterocycles. The molecule has 2 unspecified atom stereocenters. The molecule has 1 N–H and O–H groups in total. The van der Waals surface area contributed by atoms with Crippen molar-refractivity contribution in [1.29, 1.82) is 0 Å². The fourth-order valence-corrected chi connectivity index (χ4v) is 2.40. The van der Waals surface area contributed by atoms with Crippen LogP contribution in [-0.4, -0.2) is 38.8 Å². The van der Waals surface area contributed by atoms with Gasteiger partial charge in [-0.05, 0) is 18.9 Å². The van der Waals surface area contributed by atoms with Gasteiger partial charge < -0.3 is 9.52 Å². The van der Waals surface area contributed by atoms with Crippen molar-refractivity contribution in [2.24, 2.45) is 5.92 Å². The van der Waals surface area contributed by atoms with Crippen LogP contribution in [0.4, 0.5) is 0 Å². The molecule has 6 heteroatoms. The first kappa shape index (κ1) is 14.0. The fraction of sp³-hybridized carbons (Fsp3) is 0.769. The van der Waals surface area contributed by atoms with Crippen LogP contribution in [0.1, 0.15) is 45.9 Å². The topological polar surface area (TPSA) is 79.5 Å². The van der Waals surface area contributed by atoms with Crippen LogP contribution in [0.2, 0.25) is 0 Å². The summed E-state index contributed by atoms with van der Waals surface area (Å²) in [5.74, 6) is 0.454. The van der Waals surface area contributed by atoms with E-state index in [1.54, 1.807) is 0 Å². The third-order valence-electron chi connectivity index (χ3n) is 3.50. The maximum Gasteiger partial charge on any atom is 0.321 e. The van der Waals surface area contributed by atoms with Gasteiger partial charge in [-0.1, -0.05) is 27.7 Å². The van der Waals surface area contributed by atoms with Gasteiger partial charge in [0.15, 0.2) is 0 Å². The molecule has 1 aliphatic rings. The first-order valence-electron chi connectivity index (χ1n) is 6.59. The predicted molar refractivity (Wildman–Crippen MR) is 68.6 cm³/mol. The Labute approximate surface area is 112 Å². The van der Waals surface area contributed by atoms with Gasteiger partial charge in [-0.25, -0.2) is 0 Å². The first-order valence-corrected chi connectivity index (χ1v) is 6.59. The predicted octanol–water partition coefficient (Wildman–Crippen LogP) is 1.66. The minimum Gasteiger partial charge on any atom is -0.480 e. The van der Waals surface area contributed by atoms with E-state index < -0.39 is 12.0 Å². The molecule has 6 nitrogen and oxygen atoms in total. The Hall–Kier alpha value is -1.43. The molecule has 2 atom stereocenters. The zero-order valence-corrected chi connectivity index (χ0v) is 11.9. The largest absolute Gasteiger partial charge is 0.480 e. The van der Waals surface area contributed by atoms with E-state index in [1.807, 2.05) is 32.6 Å². The summed E-state index contributed by atoms with van der Waals surface area (Å²) in [7, 11) is 0. The van der Waals surface area contributed by atoms with Crippen LogP contribution in [-0.2, 0) is 16.8 Å². The Kier molecular flexibility index (Phi) is 3.62. The molecule has 0 bridgehead atoms. The van der Waals surface area contributed by atoms with Crippen LogP contribution in [0.15, 0.2) is 4.42 Å². The molecule has 0 amide bonds. The highest BCUT2D eigenvalue weighted by molar-refractivity contribution is 5.74. The summed E-state index contributed by atoms with van der Waals surface area (Å²) in [5.41, 5.74) is -0.185. The van der Waals surface area contributed by atoms with E-state index in [0.29, 0.717) is 18.3 Å². The van der Waals surface area contributed by atoms with Gasteiger partial charge >= 0.3 is 5.97 Å². The van der Waals surface area contributed by atoms with E-state index in [-0.39, 0.29) is 11.3 Å². The summed E-state index contributed by atoms with van der Waals surface area (Å²) in [5, 5.41) is 17.3. The van der Waals surface area contributed by atoms with Gasteiger partial charge in [0.05, 0.1) is 6.54 Å². The standard InChI is InChI=1S/C13H21N3O3/c1-8-5-6-16(10(8)11(17)18)7-9-14-15-12(19-9)13(2,3)4/h8,10H,5-7H2,1-4H3,(H,17,18). The van der Waals surface area contributed by atoms with E-state index in [1.165, 1.54) is 0 Å². The Morgan fingerprint density at radius 3 is 2.68 bits per heavy atom. The molecule has 106 valence electrons. The van der Waals surface area contributed by atoms with E-state index >= 15 is 0 Å². The van der Waals surface area contributed by atoms with Gasteiger partial charge in [-0.2, -0.15) is 0 Å². The number of likely N-dealkylation sites (tertiary alicyclic amines) is 1. The average molecular weight is 267 g/mol. The maximum atomic E-state index is 11.3. The van der Waals surface area contributed by atoms with Crippen molar-refractivity contribution in [3.05, 3.63) is 11.8 Å². The van der Waals surface area contributed by atoms with Crippen molar-refractivity contribution in [2.75, 3.05) is 6.54 Å².